The number of carboxylic acid groups (broad SMARTS) is 1. The number of piperazine rings is 1. The Morgan fingerprint density at radius 1 is 1.12 bits per heavy atom. The fourth-order valence-electron chi connectivity index (χ4n) is 2.63. The third kappa shape index (κ3) is 3.55. The number of hydroxylamine groups is 2. The third-order valence-electron chi connectivity index (χ3n) is 3.68. The van der Waals surface area contributed by atoms with E-state index in [9.17, 15) is 4.79 Å². The van der Waals surface area contributed by atoms with Gasteiger partial charge in [-0.25, -0.2) is 4.79 Å². The zero-order valence-electron chi connectivity index (χ0n) is 10.3. The zero-order valence-corrected chi connectivity index (χ0v) is 10.3. The van der Waals surface area contributed by atoms with Gasteiger partial charge in [-0.3, -0.25) is 4.90 Å². The predicted octanol–water partition coefficient (Wildman–Crippen LogP) is 0.308. The van der Waals surface area contributed by atoms with E-state index >= 15 is 0 Å². The Bertz CT molecular complexity index is 259. The van der Waals surface area contributed by atoms with Crippen molar-refractivity contribution in [2.75, 3.05) is 46.3 Å². The van der Waals surface area contributed by atoms with Crippen molar-refractivity contribution in [1.82, 2.24) is 14.9 Å². The van der Waals surface area contributed by atoms with Crippen LogP contribution < -0.4 is 0 Å². The number of carbonyl (C=O) groups is 1. The molecule has 0 aromatic rings. The van der Waals surface area contributed by atoms with E-state index < -0.39 is 6.16 Å². The lowest BCUT2D eigenvalue weighted by atomic mass is 10.0. The average molecular weight is 243 g/mol. The molecule has 0 saturated carbocycles. The minimum absolute atomic E-state index is 0.665. The summed E-state index contributed by atoms with van der Waals surface area (Å²) in [4.78, 5) is 19.9. The van der Waals surface area contributed by atoms with Gasteiger partial charge in [0.05, 0.1) is 0 Å². The molecule has 0 amide bonds. The van der Waals surface area contributed by atoms with E-state index in [4.69, 9.17) is 5.11 Å². The molecule has 0 unspecified atom stereocenters. The number of hydrogen-bond acceptors (Lipinski definition) is 5. The van der Waals surface area contributed by atoms with Crippen LogP contribution in [-0.4, -0.2) is 78.5 Å². The van der Waals surface area contributed by atoms with Crippen LogP contribution in [0.4, 0.5) is 4.79 Å². The molecule has 0 aliphatic carbocycles. The molecule has 6 heteroatoms. The molecule has 0 bridgehead atoms. The number of rotatable bonds is 2. The summed E-state index contributed by atoms with van der Waals surface area (Å²) < 4.78 is 0. The van der Waals surface area contributed by atoms with Crippen molar-refractivity contribution in [3.63, 3.8) is 0 Å². The second-order valence-electron chi connectivity index (χ2n) is 4.86. The van der Waals surface area contributed by atoms with Crippen molar-refractivity contribution in [1.29, 1.82) is 0 Å². The van der Waals surface area contributed by atoms with Crippen molar-refractivity contribution in [2.24, 2.45) is 0 Å². The van der Waals surface area contributed by atoms with E-state index in [1.54, 1.807) is 0 Å². The fraction of sp³-hybridized carbons (Fsp3) is 0.909. The second-order valence-corrected chi connectivity index (χ2v) is 4.86. The van der Waals surface area contributed by atoms with Crippen molar-refractivity contribution in [3.8, 4) is 0 Å². The number of piperidine rings is 1. The van der Waals surface area contributed by atoms with E-state index in [1.165, 1.54) is 17.9 Å². The van der Waals surface area contributed by atoms with Crippen molar-refractivity contribution in [3.05, 3.63) is 0 Å². The molecule has 0 atom stereocenters. The zero-order chi connectivity index (χ0) is 12.3. The molecule has 17 heavy (non-hydrogen) atoms. The highest BCUT2D eigenvalue weighted by Gasteiger charge is 2.27. The standard InChI is InChI=1S/C11H21N3O3/c1-12-4-2-10(3-5-12)13-6-8-14(9-7-13)17-11(15)16/h10H,2-9H2,1H3,(H,15,16). The minimum Gasteiger partial charge on any atom is -0.448 e. The van der Waals surface area contributed by atoms with E-state index in [2.05, 4.69) is 21.7 Å². The molecule has 0 aromatic carbocycles. The van der Waals surface area contributed by atoms with Gasteiger partial charge in [-0.15, -0.1) is 5.06 Å². The number of nitrogens with zero attached hydrogens (tertiary/aromatic N) is 3. The second kappa shape index (κ2) is 5.66. The Kier molecular flexibility index (Phi) is 4.20. The molecule has 2 fully saturated rings. The molecule has 1 N–H and O–H groups in total. The molecule has 6 nitrogen and oxygen atoms in total. The lowest BCUT2D eigenvalue weighted by molar-refractivity contribution is -0.144. The van der Waals surface area contributed by atoms with Gasteiger partial charge in [0.15, 0.2) is 0 Å². The fourth-order valence-corrected chi connectivity index (χ4v) is 2.63. The topological polar surface area (TPSA) is 56.2 Å². The highest BCUT2D eigenvalue weighted by molar-refractivity contribution is 5.56. The molecule has 98 valence electrons. The van der Waals surface area contributed by atoms with Crippen LogP contribution in [0.2, 0.25) is 0 Å². The van der Waals surface area contributed by atoms with Crippen LogP contribution in [-0.2, 0) is 4.84 Å². The lowest BCUT2D eigenvalue weighted by Gasteiger charge is -2.41. The first kappa shape index (κ1) is 12.6. The van der Waals surface area contributed by atoms with E-state index in [0.717, 1.165) is 26.2 Å². The number of likely N-dealkylation sites (tertiary alicyclic amines) is 1. The highest BCUT2D eigenvalue weighted by atomic mass is 16.8. The Balaban J connectivity index is 1.73. The van der Waals surface area contributed by atoms with Crippen LogP contribution in [0.25, 0.3) is 0 Å². The quantitative estimate of drug-likeness (QED) is 0.753. The molecule has 2 aliphatic heterocycles. The Labute approximate surface area is 102 Å². The van der Waals surface area contributed by atoms with Crippen LogP contribution in [0.5, 0.6) is 0 Å². The Morgan fingerprint density at radius 2 is 1.71 bits per heavy atom. The molecular weight excluding hydrogens is 222 g/mol. The van der Waals surface area contributed by atoms with Crippen molar-refractivity contribution >= 4 is 6.16 Å². The maximum absolute atomic E-state index is 10.4. The third-order valence-corrected chi connectivity index (χ3v) is 3.68. The summed E-state index contributed by atoms with van der Waals surface area (Å²) in [6.07, 6.45) is 1.23. The maximum Gasteiger partial charge on any atom is 0.525 e. The van der Waals surface area contributed by atoms with Gasteiger partial charge in [0.1, 0.15) is 0 Å². The lowest BCUT2D eigenvalue weighted by Crippen LogP contribution is -2.53. The maximum atomic E-state index is 10.4. The molecule has 0 spiro atoms. The molecule has 0 radical (unpaired) electrons. The summed E-state index contributed by atoms with van der Waals surface area (Å²) >= 11 is 0. The summed E-state index contributed by atoms with van der Waals surface area (Å²) in [6.45, 7) is 5.49. The van der Waals surface area contributed by atoms with Gasteiger partial charge in [0.2, 0.25) is 0 Å². The first-order valence-corrected chi connectivity index (χ1v) is 6.23. The van der Waals surface area contributed by atoms with Gasteiger partial charge in [0.25, 0.3) is 0 Å². The Hall–Kier alpha value is -0.850. The first-order chi connectivity index (χ1) is 8.15. The Morgan fingerprint density at radius 3 is 2.24 bits per heavy atom. The minimum atomic E-state index is -1.21. The van der Waals surface area contributed by atoms with E-state index in [0.29, 0.717) is 19.1 Å². The molecule has 0 aromatic heterocycles. The highest BCUT2D eigenvalue weighted by Crippen LogP contribution is 2.17. The summed E-state index contributed by atoms with van der Waals surface area (Å²) in [5.41, 5.74) is 0. The summed E-state index contributed by atoms with van der Waals surface area (Å²) in [5, 5.41) is 10.1. The summed E-state index contributed by atoms with van der Waals surface area (Å²) in [7, 11) is 2.16. The smallest absolute Gasteiger partial charge is 0.448 e. The van der Waals surface area contributed by atoms with Crippen molar-refractivity contribution < 1.29 is 14.7 Å². The molecule has 2 saturated heterocycles. The molecule has 2 aliphatic rings. The molecule has 2 heterocycles. The van der Waals surface area contributed by atoms with E-state index in [1.807, 2.05) is 0 Å². The number of hydrogen-bond donors (Lipinski definition) is 1. The van der Waals surface area contributed by atoms with Gasteiger partial charge >= 0.3 is 6.16 Å². The van der Waals surface area contributed by atoms with Crippen LogP contribution in [0.15, 0.2) is 0 Å². The van der Waals surface area contributed by atoms with Crippen LogP contribution >= 0.6 is 0 Å². The summed E-state index contributed by atoms with van der Waals surface area (Å²) in [6, 6.07) is 0.665. The SMILES string of the molecule is CN1CCC(N2CCN(OC(=O)O)CC2)CC1. The largest absolute Gasteiger partial charge is 0.525 e. The van der Waals surface area contributed by atoms with Crippen LogP contribution in [0.1, 0.15) is 12.8 Å². The first-order valence-electron chi connectivity index (χ1n) is 6.23. The molecular formula is C11H21N3O3. The van der Waals surface area contributed by atoms with Gasteiger partial charge in [-0.05, 0) is 33.0 Å². The van der Waals surface area contributed by atoms with Gasteiger partial charge < -0.3 is 14.8 Å². The van der Waals surface area contributed by atoms with Gasteiger partial charge in [0, 0.05) is 32.2 Å². The molecule has 2 rings (SSSR count). The van der Waals surface area contributed by atoms with Crippen LogP contribution in [0.3, 0.4) is 0 Å². The van der Waals surface area contributed by atoms with Crippen LogP contribution in [0, 0.1) is 0 Å². The predicted molar refractivity (Wildman–Crippen MR) is 62.8 cm³/mol. The average Bonchev–Trinajstić information content (AvgIpc) is 2.30. The van der Waals surface area contributed by atoms with Gasteiger partial charge in [-0.2, -0.15) is 0 Å². The van der Waals surface area contributed by atoms with Gasteiger partial charge in [-0.1, -0.05) is 0 Å². The normalized spacial score (nSPS) is 25.9. The summed E-state index contributed by atoms with van der Waals surface area (Å²) in [5.74, 6) is 0. The van der Waals surface area contributed by atoms with Crippen molar-refractivity contribution in [2.45, 2.75) is 18.9 Å². The van der Waals surface area contributed by atoms with E-state index in [-0.39, 0.29) is 0 Å². The monoisotopic (exact) mass is 243 g/mol.